The number of halogens is 2. The SMILES string of the molecule is O=c1ccc([N+](=O)[O-])cn1Cc1nc(Cl)ccc1Cl. The lowest BCUT2D eigenvalue weighted by molar-refractivity contribution is -0.385. The fourth-order valence-electron chi connectivity index (χ4n) is 1.48. The molecule has 0 aliphatic heterocycles. The summed E-state index contributed by atoms with van der Waals surface area (Å²) in [6.45, 7) is 0.0138. The molecule has 0 spiro atoms. The summed E-state index contributed by atoms with van der Waals surface area (Å²) in [6.07, 6.45) is 1.14. The third-order valence-electron chi connectivity index (χ3n) is 2.38. The molecule has 0 unspecified atom stereocenters. The van der Waals surface area contributed by atoms with Crippen LogP contribution in [0.15, 0.2) is 35.3 Å². The van der Waals surface area contributed by atoms with Crippen molar-refractivity contribution in [1.29, 1.82) is 0 Å². The van der Waals surface area contributed by atoms with Gasteiger partial charge in [0.1, 0.15) is 5.15 Å². The van der Waals surface area contributed by atoms with Crippen molar-refractivity contribution < 1.29 is 4.92 Å². The highest BCUT2D eigenvalue weighted by molar-refractivity contribution is 6.32. The van der Waals surface area contributed by atoms with E-state index in [1.165, 1.54) is 6.07 Å². The average molecular weight is 300 g/mol. The average Bonchev–Trinajstić information content (AvgIpc) is 2.36. The Kier molecular flexibility index (Phi) is 3.82. The number of aromatic nitrogens is 2. The molecular formula is C11H7Cl2N3O3. The quantitative estimate of drug-likeness (QED) is 0.495. The second-order valence-electron chi connectivity index (χ2n) is 3.67. The summed E-state index contributed by atoms with van der Waals surface area (Å²) < 4.78 is 1.16. The lowest BCUT2D eigenvalue weighted by Gasteiger charge is -2.06. The van der Waals surface area contributed by atoms with E-state index in [1.54, 1.807) is 6.07 Å². The molecule has 0 fully saturated rings. The molecule has 0 bridgehead atoms. The predicted octanol–water partition coefficient (Wildman–Crippen LogP) is 2.51. The monoisotopic (exact) mass is 299 g/mol. The maximum absolute atomic E-state index is 11.6. The normalized spacial score (nSPS) is 10.4. The Morgan fingerprint density at radius 3 is 2.68 bits per heavy atom. The maximum atomic E-state index is 11.6. The highest BCUT2D eigenvalue weighted by Gasteiger charge is 2.10. The number of nitro groups is 1. The molecule has 2 aromatic heterocycles. The van der Waals surface area contributed by atoms with Gasteiger partial charge < -0.3 is 4.57 Å². The molecule has 8 heteroatoms. The molecule has 0 radical (unpaired) electrons. The minimum Gasteiger partial charge on any atom is -0.303 e. The van der Waals surface area contributed by atoms with Gasteiger partial charge in [0.2, 0.25) is 0 Å². The highest BCUT2D eigenvalue weighted by atomic mass is 35.5. The zero-order valence-corrected chi connectivity index (χ0v) is 10.9. The van der Waals surface area contributed by atoms with Gasteiger partial charge in [0.05, 0.1) is 28.4 Å². The van der Waals surface area contributed by atoms with Crippen LogP contribution in [0.2, 0.25) is 10.2 Å². The zero-order chi connectivity index (χ0) is 14.0. The molecule has 0 aliphatic rings. The Hall–Kier alpha value is -1.92. The first-order chi connectivity index (χ1) is 8.97. The van der Waals surface area contributed by atoms with Crippen molar-refractivity contribution in [2.24, 2.45) is 0 Å². The molecule has 19 heavy (non-hydrogen) atoms. The summed E-state index contributed by atoms with van der Waals surface area (Å²) in [4.78, 5) is 25.7. The summed E-state index contributed by atoms with van der Waals surface area (Å²) in [5, 5.41) is 11.2. The molecule has 0 N–H and O–H groups in total. The first-order valence-corrected chi connectivity index (χ1v) is 5.89. The van der Waals surface area contributed by atoms with Crippen molar-refractivity contribution in [3.8, 4) is 0 Å². The fourth-order valence-corrected chi connectivity index (χ4v) is 1.81. The van der Waals surface area contributed by atoms with Crippen molar-refractivity contribution in [3.05, 3.63) is 66.8 Å². The third kappa shape index (κ3) is 3.10. The van der Waals surface area contributed by atoms with E-state index in [4.69, 9.17) is 23.2 Å². The van der Waals surface area contributed by atoms with E-state index >= 15 is 0 Å². The second-order valence-corrected chi connectivity index (χ2v) is 4.47. The lowest BCUT2D eigenvalue weighted by atomic mass is 10.3. The number of pyridine rings is 2. The lowest BCUT2D eigenvalue weighted by Crippen LogP contribution is -2.20. The van der Waals surface area contributed by atoms with Crippen LogP contribution in [0.4, 0.5) is 5.69 Å². The summed E-state index contributed by atoms with van der Waals surface area (Å²) in [5.41, 5.74) is -0.196. The Morgan fingerprint density at radius 2 is 2.00 bits per heavy atom. The largest absolute Gasteiger partial charge is 0.303 e. The Labute approximate surface area is 117 Å². The number of hydrogen-bond acceptors (Lipinski definition) is 4. The third-order valence-corrected chi connectivity index (χ3v) is 2.94. The van der Waals surface area contributed by atoms with E-state index in [2.05, 4.69) is 4.98 Å². The van der Waals surface area contributed by atoms with Crippen LogP contribution in [0, 0.1) is 10.1 Å². The number of nitrogens with zero attached hydrogens (tertiary/aromatic N) is 3. The fraction of sp³-hybridized carbons (Fsp3) is 0.0909. The van der Waals surface area contributed by atoms with Crippen molar-refractivity contribution in [1.82, 2.24) is 9.55 Å². The van der Waals surface area contributed by atoms with Gasteiger partial charge in [-0.05, 0) is 12.1 Å². The van der Waals surface area contributed by atoms with E-state index in [0.29, 0.717) is 10.7 Å². The Balaban J connectivity index is 2.43. The molecule has 0 aliphatic carbocycles. The van der Waals surface area contributed by atoms with Crippen molar-refractivity contribution in [3.63, 3.8) is 0 Å². The molecule has 0 saturated heterocycles. The van der Waals surface area contributed by atoms with Gasteiger partial charge in [0.15, 0.2) is 0 Å². The van der Waals surface area contributed by atoms with Crippen molar-refractivity contribution in [2.75, 3.05) is 0 Å². The standard InChI is InChI=1S/C11H7Cl2N3O3/c12-8-2-3-10(13)14-9(8)6-15-5-7(16(18)19)1-4-11(15)17/h1-5H,6H2. The first-order valence-electron chi connectivity index (χ1n) is 5.13. The van der Waals surface area contributed by atoms with Crippen molar-refractivity contribution >= 4 is 28.9 Å². The van der Waals surface area contributed by atoms with Crippen LogP contribution in [-0.4, -0.2) is 14.5 Å². The van der Waals surface area contributed by atoms with Gasteiger partial charge in [-0.2, -0.15) is 0 Å². The van der Waals surface area contributed by atoms with Crippen LogP contribution >= 0.6 is 23.2 Å². The zero-order valence-electron chi connectivity index (χ0n) is 9.42. The molecule has 98 valence electrons. The highest BCUT2D eigenvalue weighted by Crippen LogP contribution is 2.18. The van der Waals surface area contributed by atoms with Gasteiger partial charge in [0.25, 0.3) is 11.2 Å². The van der Waals surface area contributed by atoms with Crippen LogP contribution in [0.5, 0.6) is 0 Å². The first kappa shape index (κ1) is 13.5. The van der Waals surface area contributed by atoms with Gasteiger partial charge >= 0.3 is 0 Å². The van der Waals surface area contributed by atoms with E-state index in [9.17, 15) is 14.9 Å². The van der Waals surface area contributed by atoms with E-state index in [0.717, 1.165) is 22.9 Å². The molecule has 2 aromatic rings. The topological polar surface area (TPSA) is 78.0 Å². The summed E-state index contributed by atoms with van der Waals surface area (Å²) >= 11 is 11.7. The summed E-state index contributed by atoms with van der Waals surface area (Å²) in [7, 11) is 0. The van der Waals surface area contributed by atoms with Gasteiger partial charge in [-0.1, -0.05) is 23.2 Å². The summed E-state index contributed by atoms with van der Waals surface area (Å²) in [5.74, 6) is 0. The van der Waals surface area contributed by atoms with Gasteiger partial charge in [-0.3, -0.25) is 14.9 Å². The molecule has 6 nitrogen and oxygen atoms in total. The van der Waals surface area contributed by atoms with Crippen LogP contribution < -0.4 is 5.56 Å². The van der Waals surface area contributed by atoms with Gasteiger partial charge in [0, 0.05) is 12.1 Å². The van der Waals surface area contributed by atoms with E-state index < -0.39 is 4.92 Å². The molecule has 0 saturated carbocycles. The van der Waals surface area contributed by atoms with Crippen LogP contribution in [-0.2, 0) is 6.54 Å². The molecule has 0 atom stereocenters. The molecule has 2 rings (SSSR count). The van der Waals surface area contributed by atoms with Gasteiger partial charge in [-0.15, -0.1) is 0 Å². The molecular weight excluding hydrogens is 293 g/mol. The van der Waals surface area contributed by atoms with Crippen LogP contribution in [0.25, 0.3) is 0 Å². The smallest absolute Gasteiger partial charge is 0.285 e. The van der Waals surface area contributed by atoms with Crippen LogP contribution in [0.1, 0.15) is 5.69 Å². The maximum Gasteiger partial charge on any atom is 0.285 e. The minimum absolute atomic E-state index is 0.0138. The van der Waals surface area contributed by atoms with E-state index in [1.807, 2.05) is 0 Å². The predicted molar refractivity (Wildman–Crippen MR) is 70.7 cm³/mol. The number of hydrogen-bond donors (Lipinski definition) is 0. The van der Waals surface area contributed by atoms with Crippen molar-refractivity contribution in [2.45, 2.75) is 6.54 Å². The molecule has 0 amide bonds. The number of rotatable bonds is 3. The second kappa shape index (κ2) is 5.38. The Morgan fingerprint density at radius 1 is 1.26 bits per heavy atom. The minimum atomic E-state index is -0.580. The Bertz CT molecular complexity index is 700. The molecule has 2 heterocycles. The summed E-state index contributed by atoms with van der Waals surface area (Å²) in [6, 6.07) is 5.33. The van der Waals surface area contributed by atoms with E-state index in [-0.39, 0.29) is 22.9 Å². The van der Waals surface area contributed by atoms with Crippen LogP contribution in [0.3, 0.4) is 0 Å². The van der Waals surface area contributed by atoms with Gasteiger partial charge in [-0.25, -0.2) is 4.98 Å². The molecule has 0 aromatic carbocycles.